The average molecular weight is 474 g/mol. The molecule has 3 heterocycles. The van der Waals surface area contributed by atoms with E-state index >= 15 is 0 Å². The molecule has 0 unspecified atom stereocenters. The molecule has 170 valence electrons. The molecule has 5 rings (SSSR count). The molecule has 34 heavy (non-hydrogen) atoms. The molecule has 0 fully saturated rings. The predicted molar refractivity (Wildman–Crippen MR) is 127 cm³/mol. The van der Waals surface area contributed by atoms with E-state index < -0.39 is 0 Å². The maximum atomic E-state index is 14.5. The van der Waals surface area contributed by atoms with Gasteiger partial charge in [-0.1, -0.05) is 48.2 Å². The lowest BCUT2D eigenvalue weighted by atomic mass is 10.2. The fraction of sp³-hybridized carbons (Fsp3) is 0.125. The standard InChI is InChI=1S/C24H20FN7OS/c25-19-11-5-4-10-18(19)23-29-30-24(32(23)17-8-2-1-3-9-17)34-16-22(33)26-14-13-21-28-27-20-12-6-7-15-31(20)21/h1-12,15H,13-14,16H2,(H,26,33). The van der Waals surface area contributed by atoms with Crippen molar-refractivity contribution >= 4 is 23.3 Å². The highest BCUT2D eigenvalue weighted by Gasteiger charge is 2.19. The Morgan fingerprint density at radius 2 is 1.71 bits per heavy atom. The van der Waals surface area contributed by atoms with E-state index in [1.54, 1.807) is 22.8 Å². The van der Waals surface area contributed by atoms with Crippen molar-refractivity contribution in [3.8, 4) is 17.1 Å². The van der Waals surface area contributed by atoms with Crippen molar-refractivity contribution < 1.29 is 9.18 Å². The third-order valence-corrected chi connectivity index (χ3v) is 6.08. The lowest BCUT2D eigenvalue weighted by Gasteiger charge is -2.11. The number of halogens is 1. The van der Waals surface area contributed by atoms with Crippen LogP contribution in [0.3, 0.4) is 0 Å². The number of thioether (sulfide) groups is 1. The highest BCUT2D eigenvalue weighted by molar-refractivity contribution is 7.99. The third-order valence-electron chi connectivity index (χ3n) is 5.15. The molecule has 3 aromatic heterocycles. The van der Waals surface area contributed by atoms with Gasteiger partial charge in [-0.3, -0.25) is 13.8 Å². The first-order chi connectivity index (χ1) is 16.7. The average Bonchev–Trinajstić information content (AvgIpc) is 3.48. The number of hydrogen-bond acceptors (Lipinski definition) is 6. The number of nitrogens with one attached hydrogen (secondary N) is 1. The van der Waals surface area contributed by atoms with Crippen LogP contribution in [0.5, 0.6) is 0 Å². The first-order valence-corrected chi connectivity index (χ1v) is 11.6. The minimum absolute atomic E-state index is 0.142. The maximum absolute atomic E-state index is 14.5. The fourth-order valence-corrected chi connectivity index (χ4v) is 4.33. The zero-order valence-corrected chi connectivity index (χ0v) is 18.8. The first-order valence-electron chi connectivity index (χ1n) is 10.6. The summed E-state index contributed by atoms with van der Waals surface area (Å²) in [6.07, 6.45) is 2.45. The van der Waals surface area contributed by atoms with Gasteiger partial charge in [-0.05, 0) is 36.4 Å². The topological polar surface area (TPSA) is 90.0 Å². The number of amides is 1. The van der Waals surface area contributed by atoms with Crippen LogP contribution in [-0.4, -0.2) is 47.6 Å². The second kappa shape index (κ2) is 9.84. The van der Waals surface area contributed by atoms with E-state index in [0.717, 1.165) is 17.2 Å². The van der Waals surface area contributed by atoms with Crippen LogP contribution in [0.15, 0.2) is 84.1 Å². The van der Waals surface area contributed by atoms with E-state index in [2.05, 4.69) is 25.7 Å². The van der Waals surface area contributed by atoms with Gasteiger partial charge in [0.1, 0.15) is 11.6 Å². The molecule has 0 spiro atoms. The molecule has 8 nitrogen and oxygen atoms in total. The number of carbonyl (C=O) groups is 1. The largest absolute Gasteiger partial charge is 0.355 e. The minimum atomic E-state index is -0.387. The summed E-state index contributed by atoms with van der Waals surface area (Å²) >= 11 is 1.24. The first kappa shape index (κ1) is 21.8. The van der Waals surface area contributed by atoms with Gasteiger partial charge in [0.15, 0.2) is 16.6 Å². The molecular weight excluding hydrogens is 453 g/mol. The van der Waals surface area contributed by atoms with Gasteiger partial charge in [-0.15, -0.1) is 20.4 Å². The molecule has 0 aliphatic heterocycles. The van der Waals surface area contributed by atoms with E-state index in [0.29, 0.717) is 29.5 Å². The van der Waals surface area contributed by atoms with E-state index in [9.17, 15) is 9.18 Å². The number of para-hydroxylation sites is 1. The van der Waals surface area contributed by atoms with Crippen LogP contribution < -0.4 is 5.32 Å². The van der Waals surface area contributed by atoms with Crippen molar-refractivity contribution in [2.75, 3.05) is 12.3 Å². The highest BCUT2D eigenvalue weighted by Crippen LogP contribution is 2.29. The van der Waals surface area contributed by atoms with Crippen LogP contribution in [0.4, 0.5) is 4.39 Å². The number of aromatic nitrogens is 6. The molecular formula is C24H20FN7OS. The second-order valence-electron chi connectivity index (χ2n) is 7.39. The molecule has 2 aromatic carbocycles. The van der Waals surface area contributed by atoms with Gasteiger partial charge >= 0.3 is 0 Å². The smallest absolute Gasteiger partial charge is 0.230 e. The fourth-order valence-electron chi connectivity index (χ4n) is 3.55. The van der Waals surface area contributed by atoms with E-state index in [1.165, 1.54) is 17.8 Å². The van der Waals surface area contributed by atoms with Crippen LogP contribution in [0.1, 0.15) is 5.82 Å². The summed E-state index contributed by atoms with van der Waals surface area (Å²) in [6.45, 7) is 0.431. The van der Waals surface area contributed by atoms with Gasteiger partial charge in [0.25, 0.3) is 0 Å². The molecule has 1 N–H and O–H groups in total. The van der Waals surface area contributed by atoms with Crippen molar-refractivity contribution in [1.29, 1.82) is 0 Å². The zero-order valence-electron chi connectivity index (χ0n) is 18.0. The molecule has 0 saturated heterocycles. The zero-order chi connectivity index (χ0) is 23.3. The van der Waals surface area contributed by atoms with E-state index in [4.69, 9.17) is 0 Å². The molecule has 0 radical (unpaired) electrons. The SMILES string of the molecule is O=C(CSc1nnc(-c2ccccc2F)n1-c1ccccc1)NCCc1nnc2ccccn12. The molecule has 0 bridgehead atoms. The Hall–Kier alpha value is -4.05. The van der Waals surface area contributed by atoms with Crippen molar-refractivity contribution in [1.82, 2.24) is 34.7 Å². The maximum Gasteiger partial charge on any atom is 0.230 e. The Labute approximate surface area is 198 Å². The van der Waals surface area contributed by atoms with Gasteiger partial charge < -0.3 is 5.32 Å². The van der Waals surface area contributed by atoms with Gasteiger partial charge in [0.05, 0.1) is 11.3 Å². The minimum Gasteiger partial charge on any atom is -0.355 e. The van der Waals surface area contributed by atoms with Crippen LogP contribution in [-0.2, 0) is 11.2 Å². The molecule has 0 aliphatic rings. The summed E-state index contributed by atoms with van der Waals surface area (Å²) in [5.41, 5.74) is 1.90. The molecule has 1 amide bonds. The van der Waals surface area contributed by atoms with E-state index in [-0.39, 0.29) is 17.5 Å². The van der Waals surface area contributed by atoms with Crippen molar-refractivity contribution in [3.63, 3.8) is 0 Å². The Bertz CT molecular complexity index is 1430. The predicted octanol–water partition coefficient (Wildman–Crippen LogP) is 3.57. The molecule has 0 atom stereocenters. The lowest BCUT2D eigenvalue weighted by molar-refractivity contribution is -0.118. The van der Waals surface area contributed by atoms with E-state index in [1.807, 2.05) is 59.1 Å². The van der Waals surface area contributed by atoms with Crippen LogP contribution in [0.25, 0.3) is 22.7 Å². The molecule has 10 heteroatoms. The monoisotopic (exact) mass is 473 g/mol. The summed E-state index contributed by atoms with van der Waals surface area (Å²) in [5, 5.41) is 20.2. The second-order valence-corrected chi connectivity index (χ2v) is 8.33. The van der Waals surface area contributed by atoms with Crippen LogP contribution in [0.2, 0.25) is 0 Å². The number of fused-ring (bicyclic) bond motifs is 1. The van der Waals surface area contributed by atoms with Gasteiger partial charge in [-0.2, -0.15) is 0 Å². The number of hydrogen-bond donors (Lipinski definition) is 1. The lowest BCUT2D eigenvalue weighted by Crippen LogP contribution is -2.27. The molecule has 5 aromatic rings. The van der Waals surface area contributed by atoms with Crippen molar-refractivity contribution in [3.05, 3.63) is 90.6 Å². The number of nitrogens with zero attached hydrogens (tertiary/aromatic N) is 6. The number of carbonyl (C=O) groups excluding carboxylic acids is 1. The van der Waals surface area contributed by atoms with Gasteiger partial charge in [0.2, 0.25) is 5.91 Å². The highest BCUT2D eigenvalue weighted by atomic mass is 32.2. The Kier molecular flexibility index (Phi) is 6.30. The van der Waals surface area contributed by atoms with Crippen molar-refractivity contribution in [2.24, 2.45) is 0 Å². The van der Waals surface area contributed by atoms with Gasteiger partial charge in [0, 0.05) is 24.8 Å². The van der Waals surface area contributed by atoms with Crippen LogP contribution in [0, 0.1) is 5.82 Å². The summed E-state index contributed by atoms with van der Waals surface area (Å²) in [4.78, 5) is 12.5. The Balaban J connectivity index is 1.28. The Morgan fingerprint density at radius 3 is 2.56 bits per heavy atom. The third kappa shape index (κ3) is 4.53. The number of rotatable bonds is 8. The summed E-state index contributed by atoms with van der Waals surface area (Å²) < 4.78 is 18.1. The van der Waals surface area contributed by atoms with Crippen LogP contribution >= 0.6 is 11.8 Å². The van der Waals surface area contributed by atoms with Crippen molar-refractivity contribution in [2.45, 2.75) is 11.6 Å². The quantitative estimate of drug-likeness (QED) is 0.347. The number of benzene rings is 2. The molecule has 0 aliphatic carbocycles. The summed E-state index contributed by atoms with van der Waals surface area (Å²) in [6, 6.07) is 21.6. The van der Waals surface area contributed by atoms with Gasteiger partial charge in [-0.25, -0.2) is 4.39 Å². The number of pyridine rings is 1. The molecule has 0 saturated carbocycles. The Morgan fingerprint density at radius 1 is 0.912 bits per heavy atom. The normalized spacial score (nSPS) is 11.1. The summed E-state index contributed by atoms with van der Waals surface area (Å²) in [7, 11) is 0. The summed E-state index contributed by atoms with van der Waals surface area (Å²) in [5.74, 6) is 0.770.